The van der Waals surface area contributed by atoms with Crippen LogP contribution in [0.25, 0.3) is 0 Å². The van der Waals surface area contributed by atoms with Gasteiger partial charge in [0.15, 0.2) is 0 Å². The average Bonchev–Trinajstić information content (AvgIpc) is 2.62. The van der Waals surface area contributed by atoms with E-state index in [0.29, 0.717) is 25.1 Å². The molecule has 4 nitrogen and oxygen atoms in total. The van der Waals surface area contributed by atoms with Crippen LogP contribution in [0.5, 0.6) is 11.5 Å². The van der Waals surface area contributed by atoms with Gasteiger partial charge in [0.25, 0.3) is 5.91 Å². The minimum atomic E-state index is -0.127. The topological polar surface area (TPSA) is 47.6 Å². The Labute approximate surface area is 149 Å². The van der Waals surface area contributed by atoms with Crippen LogP contribution >= 0.6 is 0 Å². The molecule has 25 heavy (non-hydrogen) atoms. The number of aryl methyl sites for hydroxylation is 1. The van der Waals surface area contributed by atoms with Crippen LogP contribution in [-0.4, -0.2) is 26.2 Å². The highest BCUT2D eigenvalue weighted by Gasteiger charge is 2.09. The molecule has 0 aliphatic heterocycles. The van der Waals surface area contributed by atoms with E-state index in [1.54, 1.807) is 25.3 Å². The molecule has 0 aliphatic carbocycles. The Morgan fingerprint density at radius 1 is 1.20 bits per heavy atom. The number of allylic oxidation sites excluding steroid dienone is 1. The van der Waals surface area contributed by atoms with Gasteiger partial charge in [0, 0.05) is 5.56 Å². The normalized spacial score (nSPS) is 10.2. The van der Waals surface area contributed by atoms with Crippen molar-refractivity contribution in [1.29, 1.82) is 0 Å². The highest BCUT2D eigenvalue weighted by atomic mass is 16.5. The van der Waals surface area contributed by atoms with E-state index in [4.69, 9.17) is 9.47 Å². The van der Waals surface area contributed by atoms with E-state index in [0.717, 1.165) is 22.6 Å². The number of amides is 1. The van der Waals surface area contributed by atoms with Gasteiger partial charge in [-0.15, -0.1) is 6.58 Å². The zero-order valence-electron chi connectivity index (χ0n) is 15.1. The number of nitrogens with one attached hydrogen (secondary N) is 1. The van der Waals surface area contributed by atoms with E-state index in [1.165, 1.54) is 5.56 Å². The van der Waals surface area contributed by atoms with E-state index in [9.17, 15) is 4.79 Å². The van der Waals surface area contributed by atoms with Crippen molar-refractivity contribution < 1.29 is 14.3 Å². The first-order valence-corrected chi connectivity index (χ1v) is 8.31. The summed E-state index contributed by atoms with van der Waals surface area (Å²) < 4.78 is 11.1. The smallest absolute Gasteiger partial charge is 0.251 e. The third-order valence-electron chi connectivity index (χ3n) is 4.11. The van der Waals surface area contributed by atoms with Gasteiger partial charge in [-0.05, 0) is 61.2 Å². The van der Waals surface area contributed by atoms with Gasteiger partial charge in [-0.2, -0.15) is 0 Å². The molecule has 2 rings (SSSR count). The molecule has 132 valence electrons. The lowest BCUT2D eigenvalue weighted by Gasteiger charge is -2.12. The first kappa shape index (κ1) is 18.6. The van der Waals surface area contributed by atoms with Gasteiger partial charge in [0.2, 0.25) is 0 Å². The van der Waals surface area contributed by atoms with Gasteiger partial charge < -0.3 is 14.8 Å². The molecule has 0 heterocycles. The van der Waals surface area contributed by atoms with Crippen LogP contribution in [0, 0.1) is 13.8 Å². The number of ether oxygens (including phenoxy) is 2. The second-order valence-electron chi connectivity index (χ2n) is 5.82. The minimum Gasteiger partial charge on any atom is -0.496 e. The molecular weight excluding hydrogens is 314 g/mol. The summed E-state index contributed by atoms with van der Waals surface area (Å²) in [5.41, 5.74) is 3.86. The van der Waals surface area contributed by atoms with Gasteiger partial charge in [-0.3, -0.25) is 4.79 Å². The molecule has 0 saturated carbocycles. The predicted octanol–water partition coefficient (Wildman–Crippen LogP) is 3.85. The Bertz CT molecular complexity index is 753. The molecule has 0 atom stereocenters. The molecule has 1 amide bonds. The van der Waals surface area contributed by atoms with Gasteiger partial charge >= 0.3 is 0 Å². The summed E-state index contributed by atoms with van der Waals surface area (Å²) in [6.45, 7) is 8.68. The Morgan fingerprint density at radius 3 is 2.72 bits per heavy atom. The van der Waals surface area contributed by atoms with Crippen molar-refractivity contribution in [1.82, 2.24) is 5.32 Å². The molecule has 0 fully saturated rings. The summed E-state index contributed by atoms with van der Waals surface area (Å²) in [5.74, 6) is 1.49. The molecule has 0 radical (unpaired) electrons. The standard InChI is InChI=1S/C21H25NO3/c1-5-7-17-14-18(10-11-20(17)24-4)21(23)22-12-13-25-19-9-6-8-15(2)16(19)3/h5-6,8-11,14H,1,7,12-13H2,2-4H3,(H,22,23). The van der Waals surface area contributed by atoms with Crippen molar-refractivity contribution in [2.24, 2.45) is 0 Å². The van der Waals surface area contributed by atoms with Crippen LogP contribution in [0.3, 0.4) is 0 Å². The molecular formula is C21H25NO3. The number of hydrogen-bond acceptors (Lipinski definition) is 3. The molecule has 0 bridgehead atoms. The third-order valence-corrected chi connectivity index (χ3v) is 4.11. The second kappa shape index (κ2) is 8.92. The van der Waals surface area contributed by atoms with Gasteiger partial charge in [-0.1, -0.05) is 18.2 Å². The Balaban J connectivity index is 1.91. The number of carbonyl (C=O) groups is 1. The van der Waals surface area contributed by atoms with Crippen LogP contribution in [0.15, 0.2) is 49.1 Å². The van der Waals surface area contributed by atoms with Crippen LogP contribution in [0.1, 0.15) is 27.0 Å². The fourth-order valence-corrected chi connectivity index (χ4v) is 2.54. The SMILES string of the molecule is C=CCc1cc(C(=O)NCCOc2cccc(C)c2C)ccc1OC. The largest absolute Gasteiger partial charge is 0.496 e. The molecule has 0 aromatic heterocycles. The van der Waals surface area contributed by atoms with Gasteiger partial charge in [-0.25, -0.2) is 0 Å². The number of carbonyl (C=O) groups excluding carboxylic acids is 1. The third kappa shape index (κ3) is 4.86. The monoisotopic (exact) mass is 339 g/mol. The van der Waals surface area contributed by atoms with Crippen LogP contribution in [-0.2, 0) is 6.42 Å². The molecule has 2 aromatic carbocycles. The maximum atomic E-state index is 12.3. The Morgan fingerprint density at radius 2 is 2.00 bits per heavy atom. The summed E-state index contributed by atoms with van der Waals surface area (Å²) >= 11 is 0. The van der Waals surface area contributed by atoms with E-state index < -0.39 is 0 Å². The number of benzene rings is 2. The molecule has 4 heteroatoms. The summed E-state index contributed by atoms with van der Waals surface area (Å²) in [7, 11) is 1.62. The van der Waals surface area contributed by atoms with Crippen molar-refractivity contribution in [3.8, 4) is 11.5 Å². The lowest BCUT2D eigenvalue weighted by Crippen LogP contribution is -2.28. The summed E-state index contributed by atoms with van der Waals surface area (Å²) in [5, 5.41) is 2.88. The summed E-state index contributed by atoms with van der Waals surface area (Å²) in [6.07, 6.45) is 2.44. The van der Waals surface area contributed by atoms with E-state index >= 15 is 0 Å². The van der Waals surface area contributed by atoms with E-state index in [-0.39, 0.29) is 5.91 Å². The Hall–Kier alpha value is -2.75. The number of rotatable bonds is 8. The minimum absolute atomic E-state index is 0.127. The van der Waals surface area contributed by atoms with Crippen molar-refractivity contribution in [3.05, 3.63) is 71.3 Å². The lowest BCUT2D eigenvalue weighted by molar-refractivity contribution is 0.0947. The average molecular weight is 339 g/mol. The summed E-state index contributed by atoms with van der Waals surface area (Å²) in [4.78, 5) is 12.3. The first-order valence-electron chi connectivity index (χ1n) is 8.31. The fraction of sp³-hybridized carbons (Fsp3) is 0.286. The van der Waals surface area contributed by atoms with Crippen molar-refractivity contribution in [3.63, 3.8) is 0 Å². The predicted molar refractivity (Wildman–Crippen MR) is 101 cm³/mol. The first-order chi connectivity index (χ1) is 12.1. The van der Waals surface area contributed by atoms with E-state index in [2.05, 4.69) is 24.9 Å². The maximum absolute atomic E-state index is 12.3. The number of methoxy groups -OCH3 is 1. The van der Waals surface area contributed by atoms with Crippen molar-refractivity contribution in [2.75, 3.05) is 20.3 Å². The molecule has 0 spiro atoms. The number of hydrogen-bond donors (Lipinski definition) is 1. The fourth-order valence-electron chi connectivity index (χ4n) is 2.54. The van der Waals surface area contributed by atoms with Crippen molar-refractivity contribution in [2.45, 2.75) is 20.3 Å². The summed E-state index contributed by atoms with van der Waals surface area (Å²) in [6, 6.07) is 11.4. The van der Waals surface area contributed by atoms with Crippen molar-refractivity contribution >= 4 is 5.91 Å². The quantitative estimate of drug-likeness (QED) is 0.587. The second-order valence-corrected chi connectivity index (χ2v) is 5.82. The lowest BCUT2D eigenvalue weighted by atomic mass is 10.1. The zero-order valence-corrected chi connectivity index (χ0v) is 15.1. The highest BCUT2D eigenvalue weighted by molar-refractivity contribution is 5.94. The maximum Gasteiger partial charge on any atom is 0.251 e. The molecule has 0 unspecified atom stereocenters. The van der Waals surface area contributed by atoms with E-state index in [1.807, 2.05) is 25.1 Å². The molecule has 1 N–H and O–H groups in total. The highest BCUT2D eigenvalue weighted by Crippen LogP contribution is 2.21. The van der Waals surface area contributed by atoms with Crippen LogP contribution in [0.2, 0.25) is 0 Å². The zero-order chi connectivity index (χ0) is 18.2. The van der Waals surface area contributed by atoms with Gasteiger partial charge in [0.05, 0.1) is 13.7 Å². The van der Waals surface area contributed by atoms with Gasteiger partial charge in [0.1, 0.15) is 18.1 Å². The van der Waals surface area contributed by atoms with Crippen LogP contribution < -0.4 is 14.8 Å². The van der Waals surface area contributed by atoms with Crippen LogP contribution in [0.4, 0.5) is 0 Å². The molecule has 2 aromatic rings. The Kier molecular flexibility index (Phi) is 6.63. The molecule has 0 aliphatic rings. The molecule has 0 saturated heterocycles.